The summed E-state index contributed by atoms with van der Waals surface area (Å²) < 4.78 is 0. The predicted octanol–water partition coefficient (Wildman–Crippen LogP) is 6.59. The number of allylic oxidation sites excluding steroid dienone is 1. The molecule has 1 saturated carbocycles. The number of carbonyl (C=O) groups excluding carboxylic acids is 1. The summed E-state index contributed by atoms with van der Waals surface area (Å²) >= 11 is 6.14. The molecule has 0 saturated heterocycles. The van der Waals surface area contributed by atoms with Crippen LogP contribution in [0, 0.1) is 26.1 Å². The van der Waals surface area contributed by atoms with Gasteiger partial charge in [0.05, 0.1) is 21.6 Å². The summed E-state index contributed by atoms with van der Waals surface area (Å²) in [4.78, 5) is 34.9. The molecule has 0 bridgehead atoms. The summed E-state index contributed by atoms with van der Waals surface area (Å²) in [5, 5.41) is 28.9. The van der Waals surface area contributed by atoms with Crippen molar-refractivity contribution in [2.45, 2.75) is 25.3 Å². The second kappa shape index (κ2) is 9.94. The molecule has 1 aliphatic heterocycles. The molecule has 10 heteroatoms. The minimum absolute atomic E-state index is 0.0124. The van der Waals surface area contributed by atoms with E-state index >= 15 is 0 Å². The second-order valence-corrected chi connectivity index (χ2v) is 9.39. The van der Waals surface area contributed by atoms with E-state index in [0.717, 1.165) is 41.7 Å². The number of hydrazone groups is 1. The highest BCUT2D eigenvalue weighted by atomic mass is 35.5. The number of carbonyl (C=O) groups is 1. The number of halogens is 1. The van der Waals surface area contributed by atoms with E-state index in [1.807, 2.05) is 6.08 Å². The van der Waals surface area contributed by atoms with E-state index in [4.69, 9.17) is 16.7 Å². The summed E-state index contributed by atoms with van der Waals surface area (Å²) in [6.07, 6.45) is 4.36. The molecule has 2 unspecified atom stereocenters. The van der Waals surface area contributed by atoms with Crippen molar-refractivity contribution in [2.75, 3.05) is 0 Å². The van der Waals surface area contributed by atoms with E-state index in [9.17, 15) is 25.0 Å². The van der Waals surface area contributed by atoms with Crippen molar-refractivity contribution >= 4 is 40.7 Å². The van der Waals surface area contributed by atoms with Crippen molar-refractivity contribution in [3.63, 3.8) is 0 Å². The third kappa shape index (κ3) is 4.85. The summed E-state index contributed by atoms with van der Waals surface area (Å²) in [6, 6.07) is 18.7. The fourth-order valence-corrected chi connectivity index (χ4v) is 5.13. The highest BCUT2D eigenvalue weighted by Gasteiger charge is 2.44. The van der Waals surface area contributed by atoms with Crippen LogP contribution in [0.25, 0.3) is 6.08 Å². The highest BCUT2D eigenvalue weighted by Crippen LogP contribution is 2.45. The molecule has 0 N–H and O–H groups in total. The molecule has 0 aromatic heterocycles. The molecule has 1 amide bonds. The monoisotopic (exact) mass is 516 g/mol. The fraction of sp³-hybridized carbons (Fsp3) is 0.185. The lowest BCUT2D eigenvalue weighted by Gasteiger charge is -2.29. The highest BCUT2D eigenvalue weighted by molar-refractivity contribution is 6.31. The first-order chi connectivity index (χ1) is 17.8. The van der Waals surface area contributed by atoms with Crippen LogP contribution in [-0.4, -0.2) is 26.5 Å². The maximum Gasteiger partial charge on any atom is 0.274 e. The zero-order valence-electron chi connectivity index (χ0n) is 19.5. The number of hydrogen-bond donors (Lipinski definition) is 0. The van der Waals surface area contributed by atoms with Gasteiger partial charge in [-0.1, -0.05) is 29.8 Å². The Morgan fingerprint density at radius 2 is 1.62 bits per heavy atom. The lowest BCUT2D eigenvalue weighted by molar-refractivity contribution is -0.385. The number of nitro groups is 2. The Morgan fingerprint density at radius 3 is 2.24 bits per heavy atom. The number of nitrogens with zero attached hydrogens (tertiary/aromatic N) is 4. The van der Waals surface area contributed by atoms with Gasteiger partial charge in [-0.2, -0.15) is 5.10 Å². The number of amides is 1. The average molecular weight is 517 g/mol. The predicted molar refractivity (Wildman–Crippen MR) is 139 cm³/mol. The van der Waals surface area contributed by atoms with E-state index in [0.29, 0.717) is 10.6 Å². The molecule has 0 radical (unpaired) electrons. The van der Waals surface area contributed by atoms with Gasteiger partial charge in [-0.15, -0.1) is 0 Å². The first-order valence-electron chi connectivity index (χ1n) is 11.7. The first kappa shape index (κ1) is 24.3. The van der Waals surface area contributed by atoms with Gasteiger partial charge in [-0.25, -0.2) is 5.01 Å². The van der Waals surface area contributed by atoms with Crippen LogP contribution in [0.3, 0.4) is 0 Å². The molecule has 1 heterocycles. The zero-order valence-corrected chi connectivity index (χ0v) is 20.2. The van der Waals surface area contributed by atoms with Crippen LogP contribution < -0.4 is 0 Å². The van der Waals surface area contributed by atoms with Crippen molar-refractivity contribution in [1.82, 2.24) is 5.01 Å². The van der Waals surface area contributed by atoms with Gasteiger partial charge in [-0.3, -0.25) is 25.0 Å². The minimum Gasteiger partial charge on any atom is -0.267 e. The maximum atomic E-state index is 13.6. The van der Waals surface area contributed by atoms with E-state index in [2.05, 4.69) is 0 Å². The Hall–Kier alpha value is -4.37. The van der Waals surface area contributed by atoms with Gasteiger partial charge in [0.25, 0.3) is 17.3 Å². The smallest absolute Gasteiger partial charge is 0.267 e. The Morgan fingerprint density at radius 1 is 0.973 bits per heavy atom. The molecular formula is C27H21ClN4O5. The molecule has 9 nitrogen and oxygen atoms in total. The van der Waals surface area contributed by atoms with Gasteiger partial charge >= 0.3 is 0 Å². The molecule has 3 aromatic carbocycles. The molecule has 1 fully saturated rings. The van der Waals surface area contributed by atoms with Crippen molar-refractivity contribution in [2.24, 2.45) is 11.0 Å². The quantitative estimate of drug-likeness (QED) is 0.280. The van der Waals surface area contributed by atoms with E-state index in [1.165, 1.54) is 29.3 Å². The normalized spacial score (nSPS) is 19.9. The van der Waals surface area contributed by atoms with Crippen LogP contribution in [0.1, 0.15) is 46.8 Å². The number of benzene rings is 3. The fourth-order valence-electron chi connectivity index (χ4n) is 4.94. The minimum atomic E-state index is -0.457. The van der Waals surface area contributed by atoms with Crippen molar-refractivity contribution < 1.29 is 14.6 Å². The third-order valence-electron chi connectivity index (χ3n) is 6.67. The SMILES string of the molecule is O=C(c1cccc(Cl)c1)N1N=C2C(=Cc3ccc([N+](=O)[O-])cc3)CCCC2C1c1ccc([N+](=O)[O-])cc1. The molecular weight excluding hydrogens is 496 g/mol. The van der Waals surface area contributed by atoms with Gasteiger partial charge in [-0.05, 0) is 72.4 Å². The van der Waals surface area contributed by atoms with Crippen LogP contribution >= 0.6 is 11.6 Å². The Labute approximate surface area is 217 Å². The van der Waals surface area contributed by atoms with Gasteiger partial charge < -0.3 is 0 Å². The molecule has 5 rings (SSSR count). The zero-order chi connectivity index (χ0) is 26.1. The summed E-state index contributed by atoms with van der Waals surface area (Å²) in [5.74, 6) is -0.426. The van der Waals surface area contributed by atoms with Crippen molar-refractivity contribution in [3.05, 3.63) is 120 Å². The second-order valence-electron chi connectivity index (χ2n) is 8.96. The van der Waals surface area contributed by atoms with Crippen LogP contribution in [0.4, 0.5) is 11.4 Å². The maximum absolute atomic E-state index is 13.6. The first-order valence-corrected chi connectivity index (χ1v) is 12.1. The molecule has 0 spiro atoms. The van der Waals surface area contributed by atoms with E-state index in [-0.39, 0.29) is 23.2 Å². The summed E-state index contributed by atoms with van der Waals surface area (Å²) in [7, 11) is 0. The molecule has 186 valence electrons. The van der Waals surface area contributed by atoms with Gasteiger partial charge in [0.15, 0.2) is 0 Å². The Balaban J connectivity index is 1.56. The van der Waals surface area contributed by atoms with Crippen molar-refractivity contribution in [1.29, 1.82) is 0 Å². The van der Waals surface area contributed by atoms with Gasteiger partial charge in [0, 0.05) is 40.8 Å². The number of hydrogen-bond acceptors (Lipinski definition) is 6. The standard InChI is InChI=1S/C27H21ClN4O5/c28-21-5-1-4-20(16-21)27(33)30-26(18-9-13-23(14-10-18)32(36)37)24-6-2-3-19(25(24)29-30)15-17-7-11-22(12-8-17)31(34)35/h1,4-5,7-16,24,26H,2-3,6H2. The van der Waals surface area contributed by atoms with Gasteiger partial charge in [0.1, 0.15) is 0 Å². The summed E-state index contributed by atoms with van der Waals surface area (Å²) in [5.41, 5.74) is 3.67. The molecule has 2 atom stereocenters. The van der Waals surface area contributed by atoms with Crippen LogP contribution in [-0.2, 0) is 0 Å². The van der Waals surface area contributed by atoms with Crippen molar-refractivity contribution in [3.8, 4) is 0 Å². The molecule has 1 aliphatic carbocycles. The number of fused-ring (bicyclic) bond motifs is 1. The molecule has 3 aromatic rings. The van der Waals surface area contributed by atoms with E-state index in [1.54, 1.807) is 48.5 Å². The van der Waals surface area contributed by atoms with Gasteiger partial charge in [0.2, 0.25) is 0 Å². The number of rotatable bonds is 5. The third-order valence-corrected chi connectivity index (χ3v) is 6.91. The molecule has 2 aliphatic rings. The number of nitro benzene ring substituents is 2. The van der Waals surface area contributed by atoms with E-state index < -0.39 is 15.9 Å². The van der Waals surface area contributed by atoms with Crippen LogP contribution in [0.2, 0.25) is 5.02 Å². The van der Waals surface area contributed by atoms with Crippen LogP contribution in [0.5, 0.6) is 0 Å². The van der Waals surface area contributed by atoms with Crippen LogP contribution in [0.15, 0.2) is 83.5 Å². The lowest BCUT2D eigenvalue weighted by atomic mass is 9.77. The summed E-state index contributed by atoms with van der Waals surface area (Å²) in [6.45, 7) is 0. The Bertz CT molecular complexity index is 1450. The Kier molecular flexibility index (Phi) is 6.54. The lowest BCUT2D eigenvalue weighted by Crippen LogP contribution is -2.31. The topological polar surface area (TPSA) is 119 Å². The number of non-ortho nitro benzene ring substituents is 2. The molecule has 37 heavy (non-hydrogen) atoms. The largest absolute Gasteiger partial charge is 0.274 e. The average Bonchev–Trinajstić information content (AvgIpc) is 3.29.